The molecule has 0 spiro atoms. The van der Waals surface area contributed by atoms with Crippen molar-refractivity contribution < 1.29 is 19.0 Å². The lowest BCUT2D eigenvalue weighted by Crippen LogP contribution is -2.24. The van der Waals surface area contributed by atoms with Crippen molar-refractivity contribution in [2.24, 2.45) is 0 Å². The number of aromatic nitrogens is 2. The fourth-order valence-corrected chi connectivity index (χ4v) is 3.67. The lowest BCUT2D eigenvalue weighted by molar-refractivity contribution is 0.0787. The molecule has 2 aromatic carbocycles. The van der Waals surface area contributed by atoms with Gasteiger partial charge in [0.1, 0.15) is 11.4 Å². The second kappa shape index (κ2) is 6.92. The number of rotatable bonds is 5. The van der Waals surface area contributed by atoms with Gasteiger partial charge in [-0.1, -0.05) is 18.2 Å². The number of carbonyl (C=O) groups is 1. The van der Waals surface area contributed by atoms with Crippen molar-refractivity contribution in [3.8, 4) is 28.5 Å². The number of nitrogens with one attached hydrogen (secondary N) is 1. The fraction of sp³-hybridized carbons (Fsp3) is 0.238. The second-order valence-corrected chi connectivity index (χ2v) is 6.53. The summed E-state index contributed by atoms with van der Waals surface area (Å²) in [6, 6.07) is 13.0. The van der Waals surface area contributed by atoms with Crippen molar-refractivity contribution in [3.63, 3.8) is 0 Å². The molecule has 0 saturated carbocycles. The van der Waals surface area contributed by atoms with Gasteiger partial charge in [-0.3, -0.25) is 9.89 Å². The summed E-state index contributed by atoms with van der Waals surface area (Å²) in [5, 5.41) is 7.35. The van der Waals surface area contributed by atoms with Crippen LogP contribution in [0.25, 0.3) is 11.3 Å². The van der Waals surface area contributed by atoms with Crippen molar-refractivity contribution in [2.45, 2.75) is 6.04 Å². The molecule has 28 heavy (non-hydrogen) atoms. The number of ether oxygens (including phenoxy) is 3. The SMILES string of the molecule is COc1cccc(-c2n[nH]c3c2C(c2ccc(OC)c(OC)c2)N(C)C3=O)c1. The molecule has 1 aliphatic rings. The zero-order valence-corrected chi connectivity index (χ0v) is 16.1. The maximum atomic E-state index is 12.8. The largest absolute Gasteiger partial charge is 0.497 e. The molecule has 0 radical (unpaired) electrons. The van der Waals surface area contributed by atoms with Gasteiger partial charge in [-0.15, -0.1) is 0 Å². The highest BCUT2D eigenvalue weighted by molar-refractivity contribution is 6.00. The van der Waals surface area contributed by atoms with Crippen molar-refractivity contribution in [2.75, 3.05) is 28.4 Å². The van der Waals surface area contributed by atoms with Crippen LogP contribution in [0, 0.1) is 0 Å². The van der Waals surface area contributed by atoms with Crippen LogP contribution < -0.4 is 14.2 Å². The van der Waals surface area contributed by atoms with Gasteiger partial charge in [0.05, 0.1) is 33.1 Å². The average molecular weight is 379 g/mol. The Morgan fingerprint density at radius 2 is 1.79 bits per heavy atom. The molecule has 144 valence electrons. The minimum absolute atomic E-state index is 0.101. The van der Waals surface area contributed by atoms with Gasteiger partial charge in [0.2, 0.25) is 0 Å². The number of amides is 1. The molecule has 1 N–H and O–H groups in total. The highest BCUT2D eigenvalue weighted by atomic mass is 16.5. The molecular formula is C21H21N3O4. The Kier molecular flexibility index (Phi) is 4.43. The van der Waals surface area contributed by atoms with Crippen LogP contribution in [0.2, 0.25) is 0 Å². The van der Waals surface area contributed by atoms with E-state index < -0.39 is 0 Å². The van der Waals surface area contributed by atoms with Crippen molar-refractivity contribution >= 4 is 5.91 Å². The molecule has 1 aromatic heterocycles. The number of hydrogen-bond acceptors (Lipinski definition) is 5. The third-order valence-corrected chi connectivity index (χ3v) is 5.07. The molecule has 4 rings (SSSR count). The van der Waals surface area contributed by atoms with E-state index in [1.165, 1.54) is 0 Å². The molecule has 3 aromatic rings. The van der Waals surface area contributed by atoms with E-state index in [2.05, 4.69) is 10.2 Å². The predicted molar refractivity (Wildman–Crippen MR) is 104 cm³/mol. The molecule has 2 heterocycles. The Morgan fingerprint density at radius 3 is 2.50 bits per heavy atom. The number of benzene rings is 2. The molecule has 1 atom stereocenters. The molecule has 0 bridgehead atoms. The van der Waals surface area contributed by atoms with Crippen molar-refractivity contribution in [3.05, 3.63) is 59.3 Å². The van der Waals surface area contributed by atoms with Crippen LogP contribution in [0.1, 0.15) is 27.7 Å². The first-order valence-electron chi connectivity index (χ1n) is 8.80. The highest BCUT2D eigenvalue weighted by Crippen LogP contribution is 2.44. The maximum absolute atomic E-state index is 12.8. The van der Waals surface area contributed by atoms with Gasteiger partial charge in [-0.05, 0) is 29.8 Å². The summed E-state index contributed by atoms with van der Waals surface area (Å²) in [5.41, 5.74) is 3.86. The Balaban J connectivity index is 1.87. The second-order valence-electron chi connectivity index (χ2n) is 6.53. The van der Waals surface area contributed by atoms with Gasteiger partial charge in [0.25, 0.3) is 5.91 Å². The normalized spacial score (nSPS) is 15.5. The van der Waals surface area contributed by atoms with Gasteiger partial charge in [-0.2, -0.15) is 5.10 Å². The molecule has 0 fully saturated rings. The summed E-state index contributed by atoms with van der Waals surface area (Å²) < 4.78 is 16.1. The predicted octanol–water partition coefficient (Wildman–Crippen LogP) is 3.28. The number of hydrogen-bond donors (Lipinski definition) is 1. The van der Waals surface area contributed by atoms with E-state index >= 15 is 0 Å². The third kappa shape index (κ3) is 2.67. The third-order valence-electron chi connectivity index (χ3n) is 5.07. The highest BCUT2D eigenvalue weighted by Gasteiger charge is 2.40. The van der Waals surface area contributed by atoms with E-state index in [4.69, 9.17) is 14.2 Å². The minimum atomic E-state index is -0.290. The van der Waals surface area contributed by atoms with Crippen LogP contribution in [0.4, 0.5) is 0 Å². The van der Waals surface area contributed by atoms with Crippen LogP contribution in [0.3, 0.4) is 0 Å². The van der Waals surface area contributed by atoms with E-state index in [0.29, 0.717) is 17.2 Å². The zero-order valence-electron chi connectivity index (χ0n) is 16.1. The summed E-state index contributed by atoms with van der Waals surface area (Å²) in [6.07, 6.45) is 0. The lowest BCUT2D eigenvalue weighted by atomic mass is 9.96. The van der Waals surface area contributed by atoms with Crippen molar-refractivity contribution in [1.29, 1.82) is 0 Å². The van der Waals surface area contributed by atoms with E-state index in [1.54, 1.807) is 33.3 Å². The van der Waals surface area contributed by atoms with E-state index in [0.717, 1.165) is 28.1 Å². The van der Waals surface area contributed by atoms with Gasteiger partial charge in [-0.25, -0.2) is 0 Å². The Bertz CT molecular complexity index is 1040. The van der Waals surface area contributed by atoms with Gasteiger partial charge in [0, 0.05) is 18.2 Å². The number of H-pyrrole nitrogens is 1. The number of aromatic amines is 1. The monoisotopic (exact) mass is 379 g/mol. The summed E-state index contributed by atoms with van der Waals surface area (Å²) in [7, 11) is 6.60. The number of methoxy groups -OCH3 is 3. The smallest absolute Gasteiger partial charge is 0.272 e. The maximum Gasteiger partial charge on any atom is 0.272 e. The summed E-state index contributed by atoms with van der Waals surface area (Å²) in [4.78, 5) is 14.5. The van der Waals surface area contributed by atoms with E-state index in [1.807, 2.05) is 42.5 Å². The van der Waals surface area contributed by atoms with Gasteiger partial charge < -0.3 is 19.1 Å². The number of fused-ring (bicyclic) bond motifs is 1. The van der Waals surface area contributed by atoms with Gasteiger partial charge >= 0.3 is 0 Å². The molecule has 0 aliphatic carbocycles. The van der Waals surface area contributed by atoms with Crippen LogP contribution in [0.15, 0.2) is 42.5 Å². The zero-order chi connectivity index (χ0) is 19.8. The van der Waals surface area contributed by atoms with Crippen molar-refractivity contribution in [1.82, 2.24) is 15.1 Å². The van der Waals surface area contributed by atoms with E-state index in [9.17, 15) is 4.79 Å². The quantitative estimate of drug-likeness (QED) is 0.736. The first-order valence-corrected chi connectivity index (χ1v) is 8.80. The molecule has 1 aliphatic heterocycles. The molecule has 1 unspecified atom stereocenters. The van der Waals surface area contributed by atoms with Gasteiger partial charge in [0.15, 0.2) is 11.5 Å². The van der Waals surface area contributed by atoms with Crippen LogP contribution >= 0.6 is 0 Å². The summed E-state index contributed by atoms with van der Waals surface area (Å²) in [6.45, 7) is 0. The first-order chi connectivity index (χ1) is 13.6. The lowest BCUT2D eigenvalue weighted by Gasteiger charge is -2.23. The summed E-state index contributed by atoms with van der Waals surface area (Å²) >= 11 is 0. The van der Waals surface area contributed by atoms with E-state index in [-0.39, 0.29) is 11.9 Å². The Hall–Kier alpha value is -3.48. The van der Waals surface area contributed by atoms with Crippen LogP contribution in [-0.4, -0.2) is 49.4 Å². The topological polar surface area (TPSA) is 76.7 Å². The minimum Gasteiger partial charge on any atom is -0.497 e. The molecule has 7 nitrogen and oxygen atoms in total. The fourth-order valence-electron chi connectivity index (χ4n) is 3.67. The molecular weight excluding hydrogens is 358 g/mol. The summed E-state index contributed by atoms with van der Waals surface area (Å²) in [5.74, 6) is 1.88. The first kappa shape index (κ1) is 17.9. The average Bonchev–Trinajstić information content (AvgIpc) is 3.27. The number of carbonyl (C=O) groups excluding carboxylic acids is 1. The standard InChI is InChI=1S/C21H21N3O4/c1-24-20(13-8-9-15(27-3)16(11-13)28-4)17-18(22-23-19(17)21(24)25)12-6-5-7-14(10-12)26-2/h5-11,20H,1-4H3,(H,22,23). The van der Waals surface area contributed by atoms with Crippen LogP contribution in [-0.2, 0) is 0 Å². The number of nitrogens with zero attached hydrogens (tertiary/aromatic N) is 2. The molecule has 7 heteroatoms. The Morgan fingerprint density at radius 1 is 1.00 bits per heavy atom. The van der Waals surface area contributed by atoms with Crippen LogP contribution in [0.5, 0.6) is 17.2 Å². The molecule has 0 saturated heterocycles. The Labute approximate surface area is 162 Å². The molecule has 1 amide bonds.